The Morgan fingerprint density at radius 2 is 1.40 bits per heavy atom. The molecule has 35 heavy (non-hydrogen) atoms. The Balaban J connectivity index is 1.46. The molecule has 0 radical (unpaired) electrons. The van der Waals surface area contributed by atoms with Crippen LogP contribution in [0, 0.1) is 0 Å². The molecule has 4 aromatic rings. The molecule has 0 heterocycles. The van der Waals surface area contributed by atoms with Gasteiger partial charge in [0, 0.05) is 10.6 Å². The van der Waals surface area contributed by atoms with E-state index in [1.54, 1.807) is 18.2 Å². The molecule has 1 atom stereocenters. The minimum atomic E-state index is -0.523. The number of nitrogens with one attached hydrogen (secondary N) is 2. The predicted molar refractivity (Wildman–Crippen MR) is 145 cm³/mol. The Labute approximate surface area is 218 Å². The summed E-state index contributed by atoms with van der Waals surface area (Å²) in [6.45, 7) is 0. The molecular weight excluding hydrogens is 499 g/mol. The lowest BCUT2D eigenvalue weighted by atomic mass is 10.1. The molecule has 0 saturated carbocycles. The highest BCUT2D eigenvalue weighted by atomic mass is 35.5. The van der Waals surface area contributed by atoms with Crippen molar-refractivity contribution in [1.29, 1.82) is 0 Å². The number of halogens is 2. The number of hydrogen-bond donors (Lipinski definition) is 2. The van der Waals surface area contributed by atoms with E-state index < -0.39 is 5.25 Å². The summed E-state index contributed by atoms with van der Waals surface area (Å²) in [5, 5.41) is 5.96. The number of carbonyl (C=O) groups is 2. The van der Waals surface area contributed by atoms with E-state index in [4.69, 9.17) is 23.2 Å². The lowest BCUT2D eigenvalue weighted by molar-refractivity contribution is -0.116. The highest BCUT2D eigenvalue weighted by Crippen LogP contribution is 2.38. The Morgan fingerprint density at radius 3 is 2.09 bits per heavy atom. The number of hydrogen-bond acceptors (Lipinski definition) is 3. The zero-order valence-electron chi connectivity index (χ0n) is 18.6. The van der Waals surface area contributed by atoms with Crippen LogP contribution in [0.2, 0.25) is 10.0 Å². The van der Waals surface area contributed by atoms with Crippen LogP contribution in [0.5, 0.6) is 0 Å². The first kappa shape index (κ1) is 24.9. The van der Waals surface area contributed by atoms with Crippen molar-refractivity contribution in [2.45, 2.75) is 16.6 Å². The summed E-state index contributed by atoms with van der Waals surface area (Å²) in [7, 11) is 0. The van der Waals surface area contributed by atoms with Gasteiger partial charge in [-0.05, 0) is 47.5 Å². The van der Waals surface area contributed by atoms with Gasteiger partial charge in [-0.1, -0.05) is 89.9 Å². The van der Waals surface area contributed by atoms with Gasteiger partial charge in [0.05, 0.1) is 22.2 Å². The molecule has 0 aliphatic carbocycles. The average Bonchev–Trinajstić information content (AvgIpc) is 2.87. The second-order valence-electron chi connectivity index (χ2n) is 7.73. The van der Waals surface area contributed by atoms with Crippen LogP contribution in [0.15, 0.2) is 108 Å². The van der Waals surface area contributed by atoms with E-state index in [0.29, 0.717) is 27.8 Å². The molecule has 4 aromatic carbocycles. The maximum absolute atomic E-state index is 13.3. The van der Waals surface area contributed by atoms with Crippen LogP contribution in [0.3, 0.4) is 0 Å². The molecule has 0 spiro atoms. The lowest BCUT2D eigenvalue weighted by Crippen LogP contribution is -2.19. The minimum Gasteiger partial charge on any atom is -0.326 e. The first-order valence-electron chi connectivity index (χ1n) is 10.9. The van der Waals surface area contributed by atoms with Crippen molar-refractivity contribution < 1.29 is 9.59 Å². The van der Waals surface area contributed by atoms with E-state index in [1.165, 1.54) is 11.8 Å². The van der Waals surface area contributed by atoms with Crippen molar-refractivity contribution in [3.8, 4) is 0 Å². The largest absolute Gasteiger partial charge is 0.326 e. The van der Waals surface area contributed by atoms with Crippen molar-refractivity contribution in [1.82, 2.24) is 0 Å². The summed E-state index contributed by atoms with van der Waals surface area (Å²) in [4.78, 5) is 26.5. The third-order valence-electron chi connectivity index (χ3n) is 5.15. The van der Waals surface area contributed by atoms with Crippen molar-refractivity contribution in [3.63, 3.8) is 0 Å². The van der Waals surface area contributed by atoms with Crippen molar-refractivity contribution in [2.24, 2.45) is 0 Å². The molecule has 4 rings (SSSR count). The van der Waals surface area contributed by atoms with E-state index in [0.717, 1.165) is 16.0 Å². The van der Waals surface area contributed by atoms with Gasteiger partial charge in [-0.15, -0.1) is 11.8 Å². The van der Waals surface area contributed by atoms with Gasteiger partial charge in [0.2, 0.25) is 11.8 Å². The second kappa shape index (κ2) is 11.9. The average molecular weight is 521 g/mol. The smallest absolute Gasteiger partial charge is 0.242 e. The molecule has 0 aliphatic rings. The number of amides is 2. The van der Waals surface area contributed by atoms with Gasteiger partial charge in [0.15, 0.2) is 0 Å². The number of anilines is 2. The third kappa shape index (κ3) is 6.89. The first-order chi connectivity index (χ1) is 17.0. The second-order valence-corrected chi connectivity index (χ2v) is 9.70. The molecule has 2 N–H and O–H groups in total. The van der Waals surface area contributed by atoms with Gasteiger partial charge in [0.25, 0.3) is 0 Å². The molecule has 176 valence electrons. The van der Waals surface area contributed by atoms with Gasteiger partial charge in [-0.25, -0.2) is 0 Å². The van der Waals surface area contributed by atoms with Crippen LogP contribution in [-0.2, 0) is 16.0 Å². The molecule has 0 fully saturated rings. The van der Waals surface area contributed by atoms with E-state index >= 15 is 0 Å². The molecular formula is C28H22Cl2N2O2S. The number of rotatable bonds is 8. The molecule has 4 nitrogen and oxygen atoms in total. The van der Waals surface area contributed by atoms with E-state index in [9.17, 15) is 9.59 Å². The topological polar surface area (TPSA) is 58.2 Å². The Bertz CT molecular complexity index is 1300. The zero-order chi connectivity index (χ0) is 24.6. The molecule has 0 bridgehead atoms. The van der Waals surface area contributed by atoms with Crippen LogP contribution in [0.4, 0.5) is 11.4 Å². The summed E-state index contributed by atoms with van der Waals surface area (Å²) in [5.41, 5.74) is 2.96. The lowest BCUT2D eigenvalue weighted by Gasteiger charge is -2.18. The highest BCUT2D eigenvalue weighted by Gasteiger charge is 2.23. The SMILES string of the molecule is O=C(Cc1ccccc1)Nc1ccc(SC(C(=O)Nc2cccc(Cl)c2Cl)c2ccccc2)cc1. The van der Waals surface area contributed by atoms with Crippen molar-refractivity contribution in [2.75, 3.05) is 10.6 Å². The van der Waals surface area contributed by atoms with Crippen LogP contribution < -0.4 is 10.6 Å². The molecule has 1 unspecified atom stereocenters. The van der Waals surface area contributed by atoms with Gasteiger partial charge >= 0.3 is 0 Å². The summed E-state index contributed by atoms with van der Waals surface area (Å²) < 4.78 is 0. The predicted octanol–water partition coefficient (Wildman–Crippen LogP) is 7.65. The van der Waals surface area contributed by atoms with Crippen LogP contribution >= 0.6 is 35.0 Å². The van der Waals surface area contributed by atoms with Crippen LogP contribution in [-0.4, -0.2) is 11.8 Å². The van der Waals surface area contributed by atoms with Gasteiger partial charge < -0.3 is 10.6 Å². The van der Waals surface area contributed by atoms with Crippen LogP contribution in [0.25, 0.3) is 0 Å². The van der Waals surface area contributed by atoms with Gasteiger partial charge in [0.1, 0.15) is 5.25 Å². The van der Waals surface area contributed by atoms with E-state index in [-0.39, 0.29) is 11.8 Å². The molecule has 2 amide bonds. The Kier molecular flexibility index (Phi) is 8.48. The fourth-order valence-electron chi connectivity index (χ4n) is 3.44. The summed E-state index contributed by atoms with van der Waals surface area (Å²) in [6.07, 6.45) is 0.305. The highest BCUT2D eigenvalue weighted by molar-refractivity contribution is 8.00. The zero-order valence-corrected chi connectivity index (χ0v) is 20.9. The number of benzene rings is 4. The quantitative estimate of drug-likeness (QED) is 0.234. The molecule has 0 aromatic heterocycles. The Morgan fingerprint density at radius 1 is 0.743 bits per heavy atom. The minimum absolute atomic E-state index is 0.0865. The Hall–Kier alpha value is -3.25. The normalized spacial score (nSPS) is 11.5. The first-order valence-corrected chi connectivity index (χ1v) is 12.5. The standard InChI is InChI=1S/C28H22Cl2N2O2S/c29-23-12-7-13-24(26(23)30)32-28(34)27(20-10-5-2-6-11-20)35-22-16-14-21(15-17-22)31-25(33)18-19-8-3-1-4-9-19/h1-17,27H,18H2,(H,31,33)(H,32,34). The van der Waals surface area contributed by atoms with E-state index in [1.807, 2.05) is 84.9 Å². The maximum atomic E-state index is 13.3. The molecule has 0 aliphatic heterocycles. The third-order valence-corrected chi connectivity index (χ3v) is 7.23. The maximum Gasteiger partial charge on any atom is 0.242 e. The summed E-state index contributed by atoms with van der Waals surface area (Å²) >= 11 is 13.8. The molecule has 7 heteroatoms. The van der Waals surface area contributed by atoms with Gasteiger partial charge in [-0.2, -0.15) is 0 Å². The summed E-state index contributed by atoms with van der Waals surface area (Å²) in [5.74, 6) is -0.304. The molecule has 0 saturated heterocycles. The van der Waals surface area contributed by atoms with Gasteiger partial charge in [-0.3, -0.25) is 9.59 Å². The fourth-order valence-corrected chi connectivity index (χ4v) is 4.81. The number of thioether (sulfide) groups is 1. The fraction of sp³-hybridized carbons (Fsp3) is 0.0714. The summed E-state index contributed by atoms with van der Waals surface area (Å²) in [6, 6.07) is 31.7. The van der Waals surface area contributed by atoms with Crippen molar-refractivity contribution in [3.05, 3.63) is 124 Å². The van der Waals surface area contributed by atoms with Crippen molar-refractivity contribution >= 4 is 58.2 Å². The number of carbonyl (C=O) groups excluding carboxylic acids is 2. The van der Waals surface area contributed by atoms with Crippen LogP contribution in [0.1, 0.15) is 16.4 Å². The van der Waals surface area contributed by atoms with E-state index in [2.05, 4.69) is 10.6 Å². The monoisotopic (exact) mass is 520 g/mol.